The lowest BCUT2D eigenvalue weighted by atomic mass is 10.4. The van der Waals surface area contributed by atoms with Crippen LogP contribution in [0.15, 0.2) is 22.3 Å². The van der Waals surface area contributed by atoms with Crippen LogP contribution in [0.1, 0.15) is 30.3 Å². The summed E-state index contributed by atoms with van der Waals surface area (Å²) in [6.45, 7) is 0. The topological polar surface area (TPSA) is 78.2 Å². The molecule has 0 radical (unpaired) electrons. The van der Waals surface area contributed by atoms with Crippen molar-refractivity contribution in [3.8, 4) is 6.07 Å². The Kier molecular flexibility index (Phi) is 2.94. The molecular formula is C11H8ClN5S. The van der Waals surface area contributed by atoms with Crippen LogP contribution in [0.25, 0.3) is 0 Å². The molecule has 2 aromatic heterocycles. The second-order valence-corrected chi connectivity index (χ2v) is 5.37. The van der Waals surface area contributed by atoms with E-state index in [1.807, 2.05) is 6.07 Å². The number of hydrogen-bond acceptors (Lipinski definition) is 5. The highest BCUT2D eigenvalue weighted by Crippen LogP contribution is 2.38. The molecule has 1 fully saturated rings. The van der Waals surface area contributed by atoms with Crippen molar-refractivity contribution in [1.29, 1.82) is 5.26 Å². The van der Waals surface area contributed by atoms with E-state index in [9.17, 15) is 0 Å². The third kappa shape index (κ3) is 2.33. The largest absolute Gasteiger partial charge is 0.262 e. The highest BCUT2D eigenvalue weighted by Gasteiger charge is 2.27. The normalized spacial score (nSPS) is 14.4. The van der Waals surface area contributed by atoms with Gasteiger partial charge in [0.1, 0.15) is 16.9 Å². The van der Waals surface area contributed by atoms with E-state index in [0.717, 1.165) is 5.82 Å². The number of pyridine rings is 1. The van der Waals surface area contributed by atoms with Gasteiger partial charge >= 0.3 is 0 Å². The van der Waals surface area contributed by atoms with Crippen molar-refractivity contribution in [3.05, 3.63) is 28.7 Å². The molecule has 0 aromatic carbocycles. The minimum Gasteiger partial charge on any atom is -0.262 e. The Morgan fingerprint density at radius 1 is 1.39 bits per heavy atom. The van der Waals surface area contributed by atoms with E-state index in [0.29, 0.717) is 21.1 Å². The van der Waals surface area contributed by atoms with Gasteiger partial charge in [-0.15, -0.1) is 5.10 Å². The summed E-state index contributed by atoms with van der Waals surface area (Å²) in [5.41, 5.74) is 0.222. The van der Waals surface area contributed by atoms with Gasteiger partial charge < -0.3 is 0 Å². The Balaban J connectivity index is 1.80. The van der Waals surface area contributed by atoms with Crippen LogP contribution in [0, 0.1) is 11.3 Å². The van der Waals surface area contributed by atoms with E-state index in [-0.39, 0.29) is 5.69 Å². The van der Waals surface area contributed by atoms with Gasteiger partial charge in [-0.3, -0.25) is 5.10 Å². The Bertz CT molecular complexity index is 629. The Morgan fingerprint density at radius 2 is 2.22 bits per heavy atom. The molecule has 7 heteroatoms. The molecule has 1 aliphatic rings. The van der Waals surface area contributed by atoms with Crippen LogP contribution in [0.2, 0.25) is 5.02 Å². The van der Waals surface area contributed by atoms with Crippen LogP contribution in [0.5, 0.6) is 0 Å². The van der Waals surface area contributed by atoms with Gasteiger partial charge in [-0.05, 0) is 36.7 Å². The maximum atomic E-state index is 8.85. The zero-order valence-corrected chi connectivity index (χ0v) is 10.8. The highest BCUT2D eigenvalue weighted by atomic mass is 35.5. The number of hydrogen-bond donors (Lipinski definition) is 1. The van der Waals surface area contributed by atoms with Crippen LogP contribution in [-0.2, 0) is 0 Å². The quantitative estimate of drug-likeness (QED) is 0.933. The molecule has 5 nitrogen and oxygen atoms in total. The first-order chi connectivity index (χ1) is 8.76. The summed E-state index contributed by atoms with van der Waals surface area (Å²) in [7, 11) is 0. The van der Waals surface area contributed by atoms with Gasteiger partial charge in [0.05, 0.1) is 5.02 Å². The smallest absolute Gasteiger partial charge is 0.214 e. The third-order valence-electron chi connectivity index (χ3n) is 2.57. The summed E-state index contributed by atoms with van der Waals surface area (Å²) in [6, 6.07) is 5.36. The molecule has 3 rings (SSSR count). The van der Waals surface area contributed by atoms with E-state index in [2.05, 4.69) is 20.2 Å². The molecule has 0 bridgehead atoms. The molecule has 0 aliphatic heterocycles. The van der Waals surface area contributed by atoms with E-state index in [1.54, 1.807) is 12.1 Å². The SMILES string of the molecule is N#Cc1nc(Sc2n[nH]c(C3CC3)n2)ccc1Cl. The lowest BCUT2D eigenvalue weighted by molar-refractivity contribution is 0.931. The van der Waals surface area contributed by atoms with Gasteiger partial charge in [-0.1, -0.05) is 11.6 Å². The maximum Gasteiger partial charge on any atom is 0.214 e. The molecule has 0 unspecified atom stereocenters. The number of H-pyrrole nitrogens is 1. The lowest BCUT2D eigenvalue weighted by Gasteiger charge is -1.98. The van der Waals surface area contributed by atoms with Crippen molar-refractivity contribution in [1.82, 2.24) is 20.2 Å². The van der Waals surface area contributed by atoms with Crippen molar-refractivity contribution in [2.75, 3.05) is 0 Å². The highest BCUT2D eigenvalue weighted by molar-refractivity contribution is 7.99. The Morgan fingerprint density at radius 3 is 2.94 bits per heavy atom. The third-order valence-corrected chi connectivity index (χ3v) is 3.68. The molecule has 0 saturated heterocycles. The van der Waals surface area contributed by atoms with Crippen molar-refractivity contribution in [2.24, 2.45) is 0 Å². The molecule has 0 atom stereocenters. The second-order valence-electron chi connectivity index (χ2n) is 3.97. The van der Waals surface area contributed by atoms with Crippen LogP contribution in [0.4, 0.5) is 0 Å². The molecule has 2 heterocycles. The minimum atomic E-state index is 0.222. The predicted octanol–water partition coefficient (Wildman–Crippen LogP) is 2.75. The number of nitrogens with zero attached hydrogens (tertiary/aromatic N) is 4. The zero-order valence-electron chi connectivity index (χ0n) is 9.22. The van der Waals surface area contributed by atoms with Gasteiger partial charge in [-0.25, -0.2) is 9.97 Å². The summed E-state index contributed by atoms with van der Waals surface area (Å²) in [4.78, 5) is 8.52. The molecule has 0 spiro atoms. The van der Waals surface area contributed by atoms with Crippen molar-refractivity contribution >= 4 is 23.4 Å². The van der Waals surface area contributed by atoms with Gasteiger partial charge in [0.25, 0.3) is 0 Å². The number of rotatable bonds is 3. The second kappa shape index (κ2) is 4.59. The Labute approximate surface area is 113 Å². The predicted molar refractivity (Wildman–Crippen MR) is 66.4 cm³/mol. The molecule has 1 aliphatic carbocycles. The molecule has 90 valence electrons. The monoisotopic (exact) mass is 277 g/mol. The van der Waals surface area contributed by atoms with E-state index >= 15 is 0 Å². The summed E-state index contributed by atoms with van der Waals surface area (Å²) >= 11 is 7.14. The number of nitriles is 1. The van der Waals surface area contributed by atoms with E-state index in [1.165, 1.54) is 24.6 Å². The molecule has 18 heavy (non-hydrogen) atoms. The number of halogens is 1. The average Bonchev–Trinajstić information content (AvgIpc) is 3.13. The molecule has 0 amide bonds. The molecule has 1 saturated carbocycles. The zero-order chi connectivity index (χ0) is 12.5. The number of aromatic nitrogens is 4. The first kappa shape index (κ1) is 11.5. The minimum absolute atomic E-state index is 0.222. The summed E-state index contributed by atoms with van der Waals surface area (Å²) < 4.78 is 0. The lowest BCUT2D eigenvalue weighted by Crippen LogP contribution is -1.87. The van der Waals surface area contributed by atoms with Crippen LogP contribution < -0.4 is 0 Å². The maximum absolute atomic E-state index is 8.85. The first-order valence-electron chi connectivity index (χ1n) is 5.43. The molecule has 2 aromatic rings. The number of nitrogens with one attached hydrogen (secondary N) is 1. The van der Waals surface area contributed by atoms with Crippen molar-refractivity contribution < 1.29 is 0 Å². The van der Waals surface area contributed by atoms with Gasteiger partial charge in [0.15, 0.2) is 5.69 Å². The molecule has 1 N–H and O–H groups in total. The van der Waals surface area contributed by atoms with Gasteiger partial charge in [0.2, 0.25) is 5.16 Å². The van der Waals surface area contributed by atoms with Crippen LogP contribution >= 0.6 is 23.4 Å². The first-order valence-corrected chi connectivity index (χ1v) is 6.62. The summed E-state index contributed by atoms with van der Waals surface area (Å²) in [6.07, 6.45) is 2.36. The fourth-order valence-corrected chi connectivity index (χ4v) is 2.34. The number of aromatic amines is 1. The van der Waals surface area contributed by atoms with Crippen LogP contribution in [0.3, 0.4) is 0 Å². The average molecular weight is 278 g/mol. The summed E-state index contributed by atoms with van der Waals surface area (Å²) in [5, 5.41) is 17.5. The molecular weight excluding hydrogens is 270 g/mol. The van der Waals surface area contributed by atoms with Crippen molar-refractivity contribution in [3.63, 3.8) is 0 Å². The fraction of sp³-hybridized carbons (Fsp3) is 0.273. The van der Waals surface area contributed by atoms with E-state index < -0.39 is 0 Å². The van der Waals surface area contributed by atoms with Crippen molar-refractivity contribution in [2.45, 2.75) is 28.9 Å². The van der Waals surface area contributed by atoms with Crippen LogP contribution in [-0.4, -0.2) is 20.2 Å². The standard InChI is InChI=1S/C11H8ClN5S/c12-7-3-4-9(14-8(7)5-13)18-11-15-10(16-17-11)6-1-2-6/h3-4,6H,1-2H2,(H,15,16,17). The van der Waals surface area contributed by atoms with Gasteiger partial charge in [-0.2, -0.15) is 5.26 Å². The van der Waals surface area contributed by atoms with Gasteiger partial charge in [0, 0.05) is 5.92 Å². The Hall–Kier alpha value is -1.58. The fourth-order valence-electron chi connectivity index (χ4n) is 1.50. The summed E-state index contributed by atoms with van der Waals surface area (Å²) in [5.74, 6) is 1.48. The van der Waals surface area contributed by atoms with E-state index in [4.69, 9.17) is 16.9 Å².